The van der Waals surface area contributed by atoms with Crippen LogP contribution in [0.15, 0.2) is 162 Å². The van der Waals surface area contributed by atoms with Crippen LogP contribution in [0.1, 0.15) is 15.1 Å². The Labute approximate surface area is 264 Å². The van der Waals surface area contributed by atoms with Crippen LogP contribution in [0.3, 0.4) is 0 Å². The average Bonchev–Trinajstić information content (AvgIpc) is 3.56. The van der Waals surface area contributed by atoms with Crippen LogP contribution < -0.4 is 0 Å². The zero-order valence-electron chi connectivity index (χ0n) is 33.6. The van der Waals surface area contributed by atoms with Gasteiger partial charge in [-0.05, 0) is 78.3 Å². The second-order valence-electron chi connectivity index (χ2n) is 10.5. The summed E-state index contributed by atoms with van der Waals surface area (Å²) < 4.78 is 101. The molecule has 43 heavy (non-hydrogen) atoms. The lowest BCUT2D eigenvalue weighted by Gasteiger charge is -2.18. The molecule has 0 amide bonds. The summed E-state index contributed by atoms with van der Waals surface area (Å²) in [5, 5.41) is 4.64. The molecule has 0 fully saturated rings. The maximum atomic E-state index is 9.02. The largest absolute Gasteiger partial charge is 0.455 e. The third kappa shape index (κ3) is 3.72. The van der Waals surface area contributed by atoms with Crippen molar-refractivity contribution in [2.24, 2.45) is 0 Å². The molecule has 1 aromatic heterocycles. The minimum Gasteiger partial charge on any atom is -0.455 e. The first kappa shape index (κ1) is 15.5. The van der Waals surface area contributed by atoms with Crippen molar-refractivity contribution >= 4 is 54.3 Å². The van der Waals surface area contributed by atoms with Crippen molar-refractivity contribution in [2.75, 3.05) is 0 Å². The highest BCUT2D eigenvalue weighted by atomic mass is 16.3. The first-order valence-electron chi connectivity index (χ1n) is 19.4. The van der Waals surface area contributed by atoms with Crippen molar-refractivity contribution in [3.63, 3.8) is 0 Å². The van der Waals surface area contributed by atoms with Gasteiger partial charge in [-0.1, -0.05) is 139 Å². The summed E-state index contributed by atoms with van der Waals surface area (Å²) in [6.07, 6.45) is 0. The molecule has 0 radical (unpaired) electrons. The number of rotatable bonds is 3. The summed E-state index contributed by atoms with van der Waals surface area (Å²) in [7, 11) is 0. The zero-order valence-corrected chi connectivity index (χ0v) is 22.6. The van der Waals surface area contributed by atoms with E-state index in [0.717, 1.165) is 21.9 Å². The maximum absolute atomic E-state index is 9.02. The molecular weight excluding hydrogens is 520 g/mol. The van der Waals surface area contributed by atoms with Gasteiger partial charge in [0.15, 0.2) is 0 Å². The number of furan rings is 1. The normalized spacial score (nSPS) is 15.3. The van der Waals surface area contributed by atoms with Crippen LogP contribution in [0.4, 0.5) is 0 Å². The summed E-state index contributed by atoms with van der Waals surface area (Å²) in [6.45, 7) is 0. The van der Waals surface area contributed by atoms with Gasteiger partial charge < -0.3 is 4.42 Å². The van der Waals surface area contributed by atoms with Gasteiger partial charge in [-0.3, -0.25) is 0 Å². The highest BCUT2D eigenvalue weighted by molar-refractivity contribution is 6.22. The first-order valence-corrected chi connectivity index (χ1v) is 13.9. The summed E-state index contributed by atoms with van der Waals surface area (Å²) in [5.74, 6) is 0. The standard InChI is InChI=1S/C42H26O/c1-2-12-28-25-31(24-23-27(28)11-1)41-36-18-5-3-16-34(36)40(35-17-4-6-19-37(35)41)30-14-9-13-29(26-30)32-20-10-21-38-33-15-7-8-22-39(33)43-42(32)38/h1-26H/i3D,4D,5D,6D,7D,8D,10D,15D,20D,21D,22D. The minimum absolute atomic E-state index is 0.00541. The Morgan fingerprint density at radius 2 is 1.05 bits per heavy atom. The van der Waals surface area contributed by atoms with Crippen LogP contribution >= 0.6 is 0 Å². The van der Waals surface area contributed by atoms with Gasteiger partial charge in [0.1, 0.15) is 11.2 Å². The molecule has 9 aromatic rings. The van der Waals surface area contributed by atoms with Gasteiger partial charge in [0, 0.05) is 16.3 Å². The molecule has 1 nitrogen and oxygen atoms in total. The van der Waals surface area contributed by atoms with Gasteiger partial charge in [0.2, 0.25) is 0 Å². The lowest BCUT2D eigenvalue weighted by Crippen LogP contribution is -1.91. The second-order valence-corrected chi connectivity index (χ2v) is 10.5. The zero-order chi connectivity index (χ0) is 37.9. The molecular formula is C42H26O. The molecule has 0 N–H and O–H groups in total. The SMILES string of the molecule is [2H]c1cc2c(-c3cccc(-c4c([2H])c([2H])c([2H])c5c4oc4c([2H])c([2H])c([2H])c([2H])c45)c3)c3cc([2H])c([2H])cc3c(-c3ccc4ccccc4c3)c2cc1[2H]. The molecule has 0 bridgehead atoms. The molecule has 8 aromatic carbocycles. The molecule has 200 valence electrons. The molecule has 0 saturated heterocycles. The van der Waals surface area contributed by atoms with Crippen LogP contribution in [0.2, 0.25) is 0 Å². The van der Waals surface area contributed by atoms with Crippen molar-refractivity contribution in [3.05, 3.63) is 157 Å². The fourth-order valence-electron chi connectivity index (χ4n) is 6.21. The topological polar surface area (TPSA) is 13.1 Å². The van der Waals surface area contributed by atoms with E-state index in [2.05, 4.69) is 6.07 Å². The van der Waals surface area contributed by atoms with Crippen LogP contribution in [0, 0.1) is 0 Å². The fourth-order valence-corrected chi connectivity index (χ4v) is 6.21. The van der Waals surface area contributed by atoms with E-state index in [1.807, 2.05) is 42.5 Å². The number of benzene rings is 8. The van der Waals surface area contributed by atoms with E-state index in [1.54, 1.807) is 42.5 Å². The number of para-hydroxylation sites is 2. The van der Waals surface area contributed by atoms with Crippen LogP contribution in [-0.4, -0.2) is 0 Å². The first-order chi connectivity index (χ1) is 25.8. The van der Waals surface area contributed by atoms with Gasteiger partial charge in [0.05, 0.1) is 15.1 Å². The van der Waals surface area contributed by atoms with E-state index in [0.29, 0.717) is 38.2 Å². The third-order valence-corrected chi connectivity index (χ3v) is 8.10. The van der Waals surface area contributed by atoms with Gasteiger partial charge >= 0.3 is 0 Å². The quantitative estimate of drug-likeness (QED) is 0.197. The summed E-state index contributed by atoms with van der Waals surface area (Å²) >= 11 is 0. The smallest absolute Gasteiger partial charge is 0.143 e. The lowest BCUT2D eigenvalue weighted by atomic mass is 9.85. The van der Waals surface area contributed by atoms with Crippen molar-refractivity contribution < 1.29 is 19.5 Å². The molecule has 0 aliphatic carbocycles. The van der Waals surface area contributed by atoms with E-state index in [4.69, 9.17) is 19.5 Å². The van der Waals surface area contributed by atoms with Gasteiger partial charge in [-0.25, -0.2) is 0 Å². The van der Waals surface area contributed by atoms with E-state index in [-0.39, 0.29) is 63.8 Å². The molecule has 0 atom stereocenters. The van der Waals surface area contributed by atoms with Crippen molar-refractivity contribution in [3.8, 4) is 33.4 Å². The molecule has 0 unspecified atom stereocenters. The van der Waals surface area contributed by atoms with Gasteiger partial charge in [0.25, 0.3) is 0 Å². The van der Waals surface area contributed by atoms with Crippen molar-refractivity contribution in [1.29, 1.82) is 0 Å². The monoisotopic (exact) mass is 557 g/mol. The van der Waals surface area contributed by atoms with E-state index in [1.165, 1.54) is 0 Å². The molecule has 1 heterocycles. The highest BCUT2D eigenvalue weighted by Crippen LogP contribution is 2.45. The van der Waals surface area contributed by atoms with Crippen molar-refractivity contribution in [1.82, 2.24) is 0 Å². The highest BCUT2D eigenvalue weighted by Gasteiger charge is 2.18. The molecule has 0 aliphatic heterocycles. The Bertz CT molecular complexity index is 3060. The minimum atomic E-state index is -0.501. The molecule has 0 aliphatic rings. The Morgan fingerprint density at radius 1 is 0.419 bits per heavy atom. The Morgan fingerprint density at radius 3 is 1.79 bits per heavy atom. The van der Waals surface area contributed by atoms with Crippen molar-refractivity contribution in [2.45, 2.75) is 0 Å². The third-order valence-electron chi connectivity index (χ3n) is 8.10. The average molecular weight is 558 g/mol. The predicted octanol–water partition coefficient (Wildman–Crippen LogP) is 12.0. The Balaban J connectivity index is 1.39. The van der Waals surface area contributed by atoms with Crippen LogP contribution in [-0.2, 0) is 0 Å². The Kier molecular flexibility index (Phi) is 3.41. The van der Waals surface area contributed by atoms with Crippen LogP contribution in [0.25, 0.3) is 87.6 Å². The second kappa shape index (κ2) is 9.44. The molecule has 0 saturated carbocycles. The van der Waals surface area contributed by atoms with Gasteiger partial charge in [-0.15, -0.1) is 0 Å². The van der Waals surface area contributed by atoms with E-state index < -0.39 is 30.2 Å². The van der Waals surface area contributed by atoms with E-state index in [9.17, 15) is 0 Å². The summed E-state index contributed by atoms with van der Waals surface area (Å²) in [5.41, 5.74) is 3.20. The summed E-state index contributed by atoms with van der Waals surface area (Å²) in [6, 6.07) is 24.8. The number of hydrogen-bond donors (Lipinski definition) is 0. The number of hydrogen-bond acceptors (Lipinski definition) is 1. The molecule has 0 spiro atoms. The number of fused-ring (bicyclic) bond motifs is 6. The Hall–Kier alpha value is -5.66. The maximum Gasteiger partial charge on any atom is 0.143 e. The fraction of sp³-hybridized carbons (Fsp3) is 0. The summed E-state index contributed by atoms with van der Waals surface area (Å²) in [4.78, 5) is 0. The van der Waals surface area contributed by atoms with E-state index >= 15 is 0 Å². The molecule has 9 rings (SSSR count). The van der Waals surface area contributed by atoms with Crippen LogP contribution in [0.5, 0.6) is 0 Å². The van der Waals surface area contributed by atoms with Gasteiger partial charge in [-0.2, -0.15) is 0 Å². The predicted molar refractivity (Wildman–Crippen MR) is 183 cm³/mol. The molecule has 1 heteroatoms. The lowest BCUT2D eigenvalue weighted by molar-refractivity contribution is 0.670.